The topological polar surface area (TPSA) is 99.1 Å². The molecule has 0 atom stereocenters. The van der Waals surface area contributed by atoms with Crippen LogP contribution in [0.3, 0.4) is 0 Å². The fraction of sp³-hybridized carbons (Fsp3) is 0.167. The fourth-order valence-electron chi connectivity index (χ4n) is 1.31. The predicted molar refractivity (Wildman–Crippen MR) is 61.7 cm³/mol. The van der Waals surface area contributed by atoms with Crippen LogP contribution >= 0.6 is 0 Å². The van der Waals surface area contributed by atoms with Crippen molar-refractivity contribution in [3.8, 4) is 23.8 Å². The third-order valence-electron chi connectivity index (χ3n) is 2.18. The van der Waals surface area contributed by atoms with Gasteiger partial charge in [-0.1, -0.05) is 0 Å². The first kappa shape index (κ1) is 11.6. The first-order valence-corrected chi connectivity index (χ1v) is 5.19. The van der Waals surface area contributed by atoms with E-state index in [2.05, 4.69) is 19.9 Å². The smallest absolute Gasteiger partial charge is 0.197 e. The molecule has 2 rings (SSSR count). The maximum absolute atomic E-state index is 8.53. The summed E-state index contributed by atoms with van der Waals surface area (Å²) in [5.41, 5.74) is 1.50. The van der Waals surface area contributed by atoms with E-state index in [0.717, 1.165) is 11.1 Å². The van der Waals surface area contributed by atoms with Gasteiger partial charge in [0.2, 0.25) is 0 Å². The quantitative estimate of drug-likeness (QED) is 0.790. The number of aromatic nitrogens is 4. The summed E-state index contributed by atoms with van der Waals surface area (Å²) in [7, 11) is 0. The minimum Gasteiger partial charge on any atom is -0.233 e. The van der Waals surface area contributed by atoms with E-state index in [-0.39, 0.29) is 12.8 Å². The minimum absolute atomic E-state index is 0.280. The molecule has 0 amide bonds. The number of rotatable bonds is 3. The first-order valence-electron chi connectivity index (χ1n) is 5.19. The zero-order valence-corrected chi connectivity index (χ0v) is 9.41. The lowest BCUT2D eigenvalue weighted by Gasteiger charge is -1.99. The number of hydrogen-bond acceptors (Lipinski definition) is 6. The van der Waals surface area contributed by atoms with Gasteiger partial charge in [0.25, 0.3) is 0 Å². The molecule has 0 aliphatic carbocycles. The van der Waals surface area contributed by atoms with Crippen LogP contribution in [0.15, 0.2) is 24.8 Å². The average Bonchev–Trinajstić information content (AvgIpc) is 2.41. The van der Waals surface area contributed by atoms with Crippen molar-refractivity contribution in [2.75, 3.05) is 0 Å². The molecule has 0 aliphatic heterocycles. The molecule has 0 aromatic carbocycles. The number of hydrogen-bond donors (Lipinski definition) is 0. The summed E-state index contributed by atoms with van der Waals surface area (Å²) in [6.07, 6.45) is 6.89. The van der Waals surface area contributed by atoms with Crippen molar-refractivity contribution in [2.24, 2.45) is 0 Å². The highest BCUT2D eigenvalue weighted by Crippen LogP contribution is 2.09. The van der Waals surface area contributed by atoms with Crippen LogP contribution in [0.2, 0.25) is 0 Å². The number of nitriles is 2. The van der Waals surface area contributed by atoms with Crippen molar-refractivity contribution in [3.05, 3.63) is 35.9 Å². The molecule has 18 heavy (non-hydrogen) atoms. The summed E-state index contributed by atoms with van der Waals surface area (Å²) in [5, 5.41) is 17.1. The third kappa shape index (κ3) is 2.63. The standard InChI is InChI=1S/C12H8N6/c13-3-1-9-5-15-11(16-6-9)12-17-7-10(2-4-14)8-18-12/h5-8H,1-2H2. The van der Waals surface area contributed by atoms with E-state index >= 15 is 0 Å². The highest BCUT2D eigenvalue weighted by molar-refractivity contribution is 5.42. The van der Waals surface area contributed by atoms with Crippen LogP contribution in [-0.4, -0.2) is 19.9 Å². The Labute approximate surface area is 104 Å². The largest absolute Gasteiger partial charge is 0.233 e. The molecule has 86 valence electrons. The second kappa shape index (κ2) is 5.46. The predicted octanol–water partition coefficient (Wildman–Crippen LogP) is 1.07. The molecule has 2 aromatic rings. The summed E-state index contributed by atoms with van der Waals surface area (Å²) < 4.78 is 0. The van der Waals surface area contributed by atoms with Crippen molar-refractivity contribution in [3.63, 3.8) is 0 Å². The normalized spacial score (nSPS) is 9.44. The molecule has 0 bridgehead atoms. The lowest BCUT2D eigenvalue weighted by atomic mass is 10.2. The number of nitrogens with zero attached hydrogens (tertiary/aromatic N) is 6. The molecule has 2 aromatic heterocycles. The Bertz CT molecular complexity index is 546. The van der Waals surface area contributed by atoms with E-state index < -0.39 is 0 Å². The van der Waals surface area contributed by atoms with E-state index in [0.29, 0.717) is 11.6 Å². The summed E-state index contributed by atoms with van der Waals surface area (Å²) in [4.78, 5) is 16.4. The Balaban J connectivity index is 2.21. The molecule has 0 spiro atoms. The Morgan fingerprint density at radius 1 is 0.722 bits per heavy atom. The van der Waals surface area contributed by atoms with Crippen molar-refractivity contribution < 1.29 is 0 Å². The van der Waals surface area contributed by atoms with Gasteiger partial charge in [-0.2, -0.15) is 10.5 Å². The van der Waals surface area contributed by atoms with Gasteiger partial charge in [-0.25, -0.2) is 19.9 Å². The van der Waals surface area contributed by atoms with Crippen molar-refractivity contribution in [1.29, 1.82) is 10.5 Å². The molecular weight excluding hydrogens is 228 g/mol. The van der Waals surface area contributed by atoms with Gasteiger partial charge in [-0.15, -0.1) is 0 Å². The zero-order valence-electron chi connectivity index (χ0n) is 9.41. The maximum Gasteiger partial charge on any atom is 0.197 e. The van der Waals surface area contributed by atoms with Gasteiger partial charge in [0, 0.05) is 35.9 Å². The Morgan fingerprint density at radius 3 is 1.33 bits per heavy atom. The van der Waals surface area contributed by atoms with Crippen molar-refractivity contribution >= 4 is 0 Å². The van der Waals surface area contributed by atoms with Crippen molar-refractivity contribution in [2.45, 2.75) is 12.8 Å². The van der Waals surface area contributed by atoms with Crippen LogP contribution in [0.25, 0.3) is 11.6 Å². The first-order chi connectivity index (χ1) is 8.83. The van der Waals surface area contributed by atoms with Crippen LogP contribution in [0.4, 0.5) is 0 Å². The van der Waals surface area contributed by atoms with Crippen LogP contribution in [0.5, 0.6) is 0 Å². The molecule has 0 saturated heterocycles. The van der Waals surface area contributed by atoms with Gasteiger partial charge in [0.05, 0.1) is 25.0 Å². The van der Waals surface area contributed by atoms with E-state index in [1.165, 1.54) is 0 Å². The van der Waals surface area contributed by atoms with Gasteiger partial charge in [-0.05, 0) is 0 Å². The highest BCUT2D eigenvalue weighted by atomic mass is 15.0. The van der Waals surface area contributed by atoms with E-state index in [4.69, 9.17) is 10.5 Å². The SMILES string of the molecule is N#CCc1cnc(-c2ncc(CC#N)cn2)nc1. The summed E-state index contributed by atoms with van der Waals surface area (Å²) in [6.45, 7) is 0. The minimum atomic E-state index is 0.280. The maximum atomic E-state index is 8.53. The Kier molecular flexibility index (Phi) is 3.53. The summed E-state index contributed by atoms with van der Waals surface area (Å²) in [6, 6.07) is 4.05. The molecule has 0 saturated carbocycles. The molecule has 2 heterocycles. The molecule has 6 heteroatoms. The van der Waals surface area contributed by atoms with Crippen LogP contribution in [0, 0.1) is 22.7 Å². The Hall–Kier alpha value is -2.86. The lowest BCUT2D eigenvalue weighted by molar-refractivity contribution is 1.03. The molecule has 0 fully saturated rings. The van der Waals surface area contributed by atoms with E-state index in [1.807, 2.05) is 12.1 Å². The molecular formula is C12H8N6. The fourth-order valence-corrected chi connectivity index (χ4v) is 1.31. The van der Waals surface area contributed by atoms with Gasteiger partial charge in [0.15, 0.2) is 11.6 Å². The van der Waals surface area contributed by atoms with Crippen LogP contribution in [-0.2, 0) is 12.8 Å². The van der Waals surface area contributed by atoms with Crippen LogP contribution < -0.4 is 0 Å². The highest BCUT2D eigenvalue weighted by Gasteiger charge is 2.04. The molecule has 6 nitrogen and oxygen atoms in total. The van der Waals surface area contributed by atoms with Gasteiger partial charge < -0.3 is 0 Å². The molecule has 0 unspecified atom stereocenters. The van der Waals surface area contributed by atoms with Crippen molar-refractivity contribution in [1.82, 2.24) is 19.9 Å². The van der Waals surface area contributed by atoms with Gasteiger partial charge in [0.1, 0.15) is 0 Å². The monoisotopic (exact) mass is 236 g/mol. The molecule has 0 radical (unpaired) electrons. The summed E-state index contributed by atoms with van der Waals surface area (Å²) in [5.74, 6) is 0.806. The average molecular weight is 236 g/mol. The van der Waals surface area contributed by atoms with Gasteiger partial charge >= 0.3 is 0 Å². The third-order valence-corrected chi connectivity index (χ3v) is 2.18. The molecule has 0 N–H and O–H groups in total. The zero-order chi connectivity index (χ0) is 12.8. The van der Waals surface area contributed by atoms with Gasteiger partial charge in [-0.3, -0.25) is 0 Å². The Morgan fingerprint density at radius 2 is 1.06 bits per heavy atom. The lowest BCUT2D eigenvalue weighted by Crippen LogP contribution is -1.97. The second-order valence-electron chi connectivity index (χ2n) is 3.50. The molecule has 0 aliphatic rings. The second-order valence-corrected chi connectivity index (χ2v) is 3.50. The van der Waals surface area contributed by atoms with Crippen LogP contribution in [0.1, 0.15) is 11.1 Å². The van der Waals surface area contributed by atoms with E-state index in [9.17, 15) is 0 Å². The summed E-state index contributed by atoms with van der Waals surface area (Å²) >= 11 is 0. The van der Waals surface area contributed by atoms with E-state index in [1.54, 1.807) is 24.8 Å².